The number of methoxy groups -OCH3 is 1. The number of hydrogen-bond acceptors (Lipinski definition) is 3. The Morgan fingerprint density at radius 3 is 2.23 bits per heavy atom. The van der Waals surface area contributed by atoms with Crippen LogP contribution in [0.25, 0.3) is 0 Å². The SMILES string of the molecule is COC(C(=O)NCC1(c2ccccc2)CCN(C)CC1)c1ccccc1. The lowest BCUT2D eigenvalue weighted by Crippen LogP contribution is -2.48. The van der Waals surface area contributed by atoms with Gasteiger partial charge < -0.3 is 15.0 Å². The van der Waals surface area contributed by atoms with Crippen molar-refractivity contribution in [1.82, 2.24) is 10.2 Å². The molecule has 3 rings (SSSR count). The number of hydrogen-bond donors (Lipinski definition) is 1. The van der Waals surface area contributed by atoms with E-state index in [1.54, 1.807) is 7.11 Å². The number of nitrogens with zero attached hydrogens (tertiary/aromatic N) is 1. The molecule has 138 valence electrons. The van der Waals surface area contributed by atoms with Crippen molar-refractivity contribution in [3.05, 3.63) is 71.8 Å². The molecule has 0 aliphatic carbocycles. The Morgan fingerprint density at radius 1 is 1.08 bits per heavy atom. The molecule has 1 aliphatic rings. The summed E-state index contributed by atoms with van der Waals surface area (Å²) in [6.45, 7) is 2.71. The number of benzene rings is 2. The minimum absolute atomic E-state index is 0.0155. The van der Waals surface area contributed by atoms with Gasteiger partial charge in [0.2, 0.25) is 0 Å². The standard InChI is InChI=1S/C22H28N2O2/c1-24-15-13-22(14-16-24,19-11-7-4-8-12-19)17-23-21(25)20(26-2)18-9-5-3-6-10-18/h3-12,20H,13-17H2,1-2H3,(H,23,25). The fraction of sp³-hybridized carbons (Fsp3) is 0.409. The summed E-state index contributed by atoms with van der Waals surface area (Å²) in [5.41, 5.74) is 2.17. The minimum atomic E-state index is -0.574. The summed E-state index contributed by atoms with van der Waals surface area (Å²) in [5, 5.41) is 3.17. The van der Waals surface area contributed by atoms with Crippen LogP contribution >= 0.6 is 0 Å². The summed E-state index contributed by atoms with van der Waals surface area (Å²) in [7, 11) is 3.74. The minimum Gasteiger partial charge on any atom is -0.367 e. The van der Waals surface area contributed by atoms with Crippen molar-refractivity contribution in [3.8, 4) is 0 Å². The molecule has 2 aromatic rings. The normalized spacial score (nSPS) is 18.2. The van der Waals surface area contributed by atoms with Crippen molar-refractivity contribution in [2.45, 2.75) is 24.4 Å². The van der Waals surface area contributed by atoms with Crippen LogP contribution in [0.2, 0.25) is 0 Å². The highest BCUT2D eigenvalue weighted by Crippen LogP contribution is 2.34. The molecule has 2 aromatic carbocycles. The van der Waals surface area contributed by atoms with Crippen LogP contribution in [-0.4, -0.2) is 44.6 Å². The zero-order valence-electron chi connectivity index (χ0n) is 15.7. The number of carbonyl (C=O) groups excluding carboxylic acids is 1. The Morgan fingerprint density at radius 2 is 1.65 bits per heavy atom. The first-order valence-corrected chi connectivity index (χ1v) is 9.24. The fourth-order valence-electron chi connectivity index (χ4n) is 3.78. The highest BCUT2D eigenvalue weighted by atomic mass is 16.5. The monoisotopic (exact) mass is 352 g/mol. The maximum Gasteiger partial charge on any atom is 0.253 e. The molecule has 1 atom stereocenters. The maximum atomic E-state index is 12.8. The predicted octanol–water partition coefficient (Wildman–Crippen LogP) is 3.15. The third-order valence-corrected chi connectivity index (χ3v) is 5.51. The molecule has 26 heavy (non-hydrogen) atoms. The molecule has 4 heteroatoms. The first kappa shape index (κ1) is 18.6. The molecule has 1 aliphatic heterocycles. The number of ether oxygens (including phenoxy) is 1. The highest BCUT2D eigenvalue weighted by Gasteiger charge is 2.36. The summed E-state index contributed by atoms with van der Waals surface area (Å²) >= 11 is 0. The van der Waals surface area contributed by atoms with Crippen molar-refractivity contribution in [1.29, 1.82) is 0 Å². The van der Waals surface area contributed by atoms with Crippen molar-refractivity contribution in [2.24, 2.45) is 0 Å². The van der Waals surface area contributed by atoms with Crippen LogP contribution < -0.4 is 5.32 Å². The van der Waals surface area contributed by atoms with Crippen LogP contribution in [0, 0.1) is 0 Å². The predicted molar refractivity (Wildman–Crippen MR) is 104 cm³/mol. The van der Waals surface area contributed by atoms with E-state index in [1.165, 1.54) is 5.56 Å². The van der Waals surface area contributed by atoms with E-state index in [1.807, 2.05) is 36.4 Å². The van der Waals surface area contributed by atoms with Crippen LogP contribution in [0.3, 0.4) is 0 Å². The molecule has 0 bridgehead atoms. The Hall–Kier alpha value is -2.17. The van der Waals surface area contributed by atoms with Crippen LogP contribution in [0.1, 0.15) is 30.1 Å². The summed E-state index contributed by atoms with van der Waals surface area (Å²) in [6.07, 6.45) is 1.50. The smallest absolute Gasteiger partial charge is 0.253 e. The van der Waals surface area contributed by atoms with E-state index in [9.17, 15) is 4.79 Å². The molecule has 0 saturated carbocycles. The molecule has 1 amide bonds. The Bertz CT molecular complexity index is 695. The zero-order valence-corrected chi connectivity index (χ0v) is 15.7. The van der Waals surface area contributed by atoms with Crippen molar-refractivity contribution < 1.29 is 9.53 Å². The van der Waals surface area contributed by atoms with Crippen LogP contribution in [-0.2, 0) is 14.9 Å². The van der Waals surface area contributed by atoms with Gasteiger partial charge in [-0.3, -0.25) is 4.79 Å². The summed E-state index contributed by atoms with van der Waals surface area (Å²) in [6, 6.07) is 20.2. The first-order chi connectivity index (χ1) is 12.6. The lowest BCUT2D eigenvalue weighted by atomic mass is 9.72. The molecular weight excluding hydrogens is 324 g/mol. The number of likely N-dealkylation sites (tertiary alicyclic amines) is 1. The molecule has 4 nitrogen and oxygen atoms in total. The Balaban J connectivity index is 1.74. The summed E-state index contributed by atoms with van der Waals surface area (Å²) in [5.74, 6) is -0.0760. The fourth-order valence-corrected chi connectivity index (χ4v) is 3.78. The zero-order chi connectivity index (χ0) is 18.4. The van der Waals surface area contributed by atoms with E-state index < -0.39 is 6.10 Å². The van der Waals surface area contributed by atoms with E-state index in [0.717, 1.165) is 31.5 Å². The second-order valence-electron chi connectivity index (χ2n) is 7.19. The third kappa shape index (κ3) is 4.14. The van der Waals surface area contributed by atoms with Gasteiger partial charge >= 0.3 is 0 Å². The topological polar surface area (TPSA) is 41.6 Å². The van der Waals surface area contributed by atoms with E-state index in [0.29, 0.717) is 6.54 Å². The number of rotatable bonds is 6. The second-order valence-corrected chi connectivity index (χ2v) is 7.19. The molecule has 1 N–H and O–H groups in total. The van der Waals surface area contributed by atoms with E-state index >= 15 is 0 Å². The second kappa shape index (κ2) is 8.47. The number of piperidine rings is 1. The molecule has 1 heterocycles. The lowest BCUT2D eigenvalue weighted by Gasteiger charge is -2.41. The van der Waals surface area contributed by atoms with E-state index in [-0.39, 0.29) is 11.3 Å². The van der Waals surface area contributed by atoms with Gasteiger partial charge in [-0.2, -0.15) is 0 Å². The van der Waals surface area contributed by atoms with Gasteiger partial charge in [0, 0.05) is 19.1 Å². The Labute approximate surface area is 156 Å². The largest absolute Gasteiger partial charge is 0.367 e. The van der Waals surface area contributed by atoms with Crippen molar-refractivity contribution in [3.63, 3.8) is 0 Å². The van der Waals surface area contributed by atoms with E-state index in [2.05, 4.69) is 41.5 Å². The van der Waals surface area contributed by atoms with Gasteiger partial charge in [0.15, 0.2) is 6.10 Å². The quantitative estimate of drug-likeness (QED) is 0.868. The molecule has 1 saturated heterocycles. The lowest BCUT2D eigenvalue weighted by molar-refractivity contribution is -0.131. The van der Waals surface area contributed by atoms with Gasteiger partial charge in [0.1, 0.15) is 0 Å². The van der Waals surface area contributed by atoms with Crippen LogP contribution in [0.4, 0.5) is 0 Å². The number of amides is 1. The van der Waals surface area contributed by atoms with Crippen molar-refractivity contribution in [2.75, 3.05) is 33.8 Å². The van der Waals surface area contributed by atoms with Gasteiger partial charge in [-0.1, -0.05) is 60.7 Å². The van der Waals surface area contributed by atoms with Crippen LogP contribution in [0.15, 0.2) is 60.7 Å². The van der Waals surface area contributed by atoms with Gasteiger partial charge in [0.05, 0.1) is 0 Å². The van der Waals surface area contributed by atoms with Gasteiger partial charge in [0.25, 0.3) is 5.91 Å². The highest BCUT2D eigenvalue weighted by molar-refractivity contribution is 5.82. The molecule has 1 fully saturated rings. The molecule has 1 unspecified atom stereocenters. The average Bonchev–Trinajstić information content (AvgIpc) is 2.70. The average molecular weight is 352 g/mol. The van der Waals surface area contributed by atoms with Crippen molar-refractivity contribution >= 4 is 5.91 Å². The van der Waals surface area contributed by atoms with Gasteiger partial charge in [-0.05, 0) is 44.1 Å². The van der Waals surface area contributed by atoms with Gasteiger partial charge in [-0.15, -0.1) is 0 Å². The molecule has 0 aromatic heterocycles. The van der Waals surface area contributed by atoms with E-state index in [4.69, 9.17) is 4.74 Å². The third-order valence-electron chi connectivity index (χ3n) is 5.51. The maximum absolute atomic E-state index is 12.8. The molecule has 0 radical (unpaired) electrons. The number of carbonyl (C=O) groups is 1. The Kier molecular flexibility index (Phi) is 6.07. The van der Waals surface area contributed by atoms with Crippen LogP contribution in [0.5, 0.6) is 0 Å². The first-order valence-electron chi connectivity index (χ1n) is 9.24. The summed E-state index contributed by atoms with van der Waals surface area (Å²) < 4.78 is 5.47. The van der Waals surface area contributed by atoms with Gasteiger partial charge in [-0.25, -0.2) is 0 Å². The summed E-state index contributed by atoms with van der Waals surface area (Å²) in [4.78, 5) is 15.2. The molecular formula is C22H28N2O2. The number of nitrogens with one attached hydrogen (secondary N) is 1. The molecule has 0 spiro atoms.